The minimum absolute atomic E-state index is 0.216. The quantitative estimate of drug-likeness (QED) is 0.780. The van der Waals surface area contributed by atoms with Gasteiger partial charge in [0.15, 0.2) is 0 Å². The zero-order valence-electron chi connectivity index (χ0n) is 8.82. The summed E-state index contributed by atoms with van der Waals surface area (Å²) in [5, 5.41) is 0. The molecule has 0 aliphatic rings. The van der Waals surface area contributed by atoms with E-state index in [1.807, 2.05) is 12.1 Å². The largest absolute Gasteiger partial charge is 0.241 e. The Morgan fingerprint density at radius 2 is 1.44 bits per heavy atom. The third kappa shape index (κ3) is 2.64. The van der Waals surface area contributed by atoms with Crippen molar-refractivity contribution in [1.29, 1.82) is 0 Å². The molecule has 0 aliphatic heterocycles. The fourth-order valence-corrected chi connectivity index (χ4v) is 2.31. The highest BCUT2D eigenvalue weighted by Crippen LogP contribution is 2.40. The van der Waals surface area contributed by atoms with Gasteiger partial charge in [-0.05, 0) is 11.6 Å². The molecule has 2 nitrogen and oxygen atoms in total. The maximum absolute atomic E-state index is 4.28. The van der Waals surface area contributed by atoms with Crippen molar-refractivity contribution in [3.05, 3.63) is 60.2 Å². The lowest BCUT2D eigenvalue weighted by molar-refractivity contribution is 0.821. The number of hydrogen-bond acceptors (Lipinski definition) is 2. The molecule has 0 saturated carbocycles. The average Bonchev–Trinajstić information content (AvgIpc) is 2.39. The summed E-state index contributed by atoms with van der Waals surface area (Å²) in [6.07, 6.45) is 3.56. The summed E-state index contributed by atoms with van der Waals surface area (Å²) in [5.41, 5.74) is 1.81. The Hall–Kier alpha value is -0.840. The predicted octanol–water partition coefficient (Wildman–Crippen LogP) is 3.01. The Kier molecular flexibility index (Phi) is 3.98. The minimum Gasteiger partial charge on any atom is -0.241 e. The van der Waals surface area contributed by atoms with Crippen LogP contribution in [0.3, 0.4) is 0 Å². The van der Waals surface area contributed by atoms with Gasteiger partial charge >= 0.3 is 0 Å². The molecule has 82 valence electrons. The molecule has 1 aromatic carbocycles. The molecule has 2 aromatic rings. The average molecular weight is 248 g/mol. The Bertz CT molecular complexity index is 390. The van der Waals surface area contributed by atoms with Crippen LogP contribution in [0.2, 0.25) is 0 Å². The third-order valence-electron chi connectivity index (χ3n) is 2.46. The molecule has 4 atom stereocenters. The highest BCUT2D eigenvalue weighted by atomic mass is 31.0. The van der Waals surface area contributed by atoms with Crippen molar-refractivity contribution in [3.63, 3.8) is 0 Å². The fraction of sp³-hybridized carbons (Fsp3) is 0.167. The summed E-state index contributed by atoms with van der Waals surface area (Å²) >= 11 is 0. The van der Waals surface area contributed by atoms with E-state index < -0.39 is 0 Å². The zero-order chi connectivity index (χ0) is 11.4. The van der Waals surface area contributed by atoms with Gasteiger partial charge in [0.25, 0.3) is 0 Å². The lowest BCUT2D eigenvalue weighted by Crippen LogP contribution is -2.03. The third-order valence-corrected chi connectivity index (χ3v) is 4.41. The first-order chi connectivity index (χ1) is 7.79. The molecule has 4 heteroatoms. The Labute approximate surface area is 100 Å². The molecule has 0 fully saturated rings. The van der Waals surface area contributed by atoms with Crippen LogP contribution in [0.25, 0.3) is 0 Å². The summed E-state index contributed by atoms with van der Waals surface area (Å²) in [5.74, 6) is 0.858. The van der Waals surface area contributed by atoms with Crippen LogP contribution in [0, 0.1) is 0 Å². The minimum atomic E-state index is 0.216. The van der Waals surface area contributed by atoms with Crippen molar-refractivity contribution >= 4 is 18.5 Å². The molecular weight excluding hydrogens is 234 g/mol. The van der Waals surface area contributed by atoms with Crippen molar-refractivity contribution in [1.82, 2.24) is 9.97 Å². The number of aromatic nitrogens is 2. The predicted molar refractivity (Wildman–Crippen MR) is 73.4 cm³/mol. The van der Waals surface area contributed by atoms with Crippen LogP contribution in [0.4, 0.5) is 0 Å². The van der Waals surface area contributed by atoms with Crippen molar-refractivity contribution in [2.75, 3.05) is 0 Å². The molecular formula is C12H14N2P2. The van der Waals surface area contributed by atoms with Crippen LogP contribution in [-0.2, 0) is 0 Å². The van der Waals surface area contributed by atoms with E-state index in [4.69, 9.17) is 0 Å². The van der Waals surface area contributed by atoms with Gasteiger partial charge in [0.1, 0.15) is 5.82 Å². The lowest BCUT2D eigenvalue weighted by atomic mass is 10.1. The summed E-state index contributed by atoms with van der Waals surface area (Å²) in [7, 11) is 5.67. The molecule has 0 saturated heterocycles. The zero-order valence-corrected chi connectivity index (χ0v) is 11.1. The van der Waals surface area contributed by atoms with Gasteiger partial charge in [-0.2, -0.15) is 0 Å². The normalized spacial score (nSPS) is 14.4. The van der Waals surface area contributed by atoms with Crippen molar-refractivity contribution in [3.8, 4) is 0 Å². The first-order valence-corrected chi connectivity index (χ1v) is 6.45. The number of nitrogens with zero attached hydrogens (tertiary/aromatic N) is 2. The number of rotatable bonds is 3. The second kappa shape index (κ2) is 5.48. The standard InChI is InChI=1S/C12H14N2P2/c15-10(9-5-2-1-3-6-9)11(16)12-13-7-4-8-14-12/h1-8,10-11H,15-16H2/t10-,11+/m0/s1. The van der Waals surface area contributed by atoms with Crippen LogP contribution in [0.15, 0.2) is 48.8 Å². The Morgan fingerprint density at radius 1 is 0.812 bits per heavy atom. The van der Waals surface area contributed by atoms with Crippen LogP contribution in [-0.4, -0.2) is 9.97 Å². The summed E-state index contributed by atoms with van der Waals surface area (Å²) in [6, 6.07) is 12.2. The van der Waals surface area contributed by atoms with Crippen LogP contribution < -0.4 is 0 Å². The van der Waals surface area contributed by atoms with Gasteiger partial charge in [-0.1, -0.05) is 30.3 Å². The van der Waals surface area contributed by atoms with E-state index in [0.29, 0.717) is 5.66 Å². The van der Waals surface area contributed by atoms with E-state index in [0.717, 1.165) is 5.82 Å². The monoisotopic (exact) mass is 248 g/mol. The van der Waals surface area contributed by atoms with Gasteiger partial charge < -0.3 is 0 Å². The van der Waals surface area contributed by atoms with E-state index in [1.165, 1.54) is 5.56 Å². The number of benzene rings is 1. The van der Waals surface area contributed by atoms with E-state index >= 15 is 0 Å². The van der Waals surface area contributed by atoms with Crippen LogP contribution in [0.5, 0.6) is 0 Å². The van der Waals surface area contributed by atoms with E-state index in [2.05, 4.69) is 52.7 Å². The molecule has 2 unspecified atom stereocenters. The molecule has 0 aliphatic carbocycles. The van der Waals surface area contributed by atoms with E-state index in [-0.39, 0.29) is 5.66 Å². The van der Waals surface area contributed by atoms with Gasteiger partial charge in [0.05, 0.1) is 0 Å². The summed E-state index contributed by atoms with van der Waals surface area (Å²) in [6.45, 7) is 0. The first kappa shape index (κ1) is 11.6. The van der Waals surface area contributed by atoms with Crippen molar-refractivity contribution in [2.24, 2.45) is 0 Å². The first-order valence-electron chi connectivity index (χ1n) is 5.12. The molecule has 16 heavy (non-hydrogen) atoms. The van der Waals surface area contributed by atoms with Gasteiger partial charge in [-0.3, -0.25) is 0 Å². The topological polar surface area (TPSA) is 25.8 Å². The van der Waals surface area contributed by atoms with Gasteiger partial charge in [0.2, 0.25) is 0 Å². The second-order valence-electron chi connectivity index (χ2n) is 3.57. The Morgan fingerprint density at radius 3 is 2.06 bits per heavy atom. The second-order valence-corrected chi connectivity index (χ2v) is 5.01. The van der Waals surface area contributed by atoms with Gasteiger partial charge in [-0.15, -0.1) is 18.5 Å². The lowest BCUT2D eigenvalue weighted by Gasteiger charge is -2.18. The number of hydrogen-bond donors (Lipinski definition) is 0. The van der Waals surface area contributed by atoms with Gasteiger partial charge in [0, 0.05) is 23.7 Å². The maximum atomic E-state index is 4.28. The summed E-state index contributed by atoms with van der Waals surface area (Å²) in [4.78, 5) is 8.56. The molecule has 1 heterocycles. The molecule has 0 amide bonds. The van der Waals surface area contributed by atoms with E-state index in [1.54, 1.807) is 12.4 Å². The molecule has 0 radical (unpaired) electrons. The fourth-order valence-electron chi connectivity index (χ4n) is 1.53. The van der Waals surface area contributed by atoms with E-state index in [9.17, 15) is 0 Å². The van der Waals surface area contributed by atoms with Crippen molar-refractivity contribution in [2.45, 2.75) is 11.3 Å². The molecule has 2 rings (SSSR count). The Balaban J connectivity index is 2.20. The molecule has 1 aromatic heterocycles. The molecule has 0 bridgehead atoms. The maximum Gasteiger partial charge on any atom is 0.135 e. The van der Waals surface area contributed by atoms with Crippen molar-refractivity contribution < 1.29 is 0 Å². The SMILES string of the molecule is P[C@@H](c1ccccc1)[C@@H](P)c1ncccn1. The summed E-state index contributed by atoms with van der Waals surface area (Å²) < 4.78 is 0. The van der Waals surface area contributed by atoms with Crippen LogP contribution >= 0.6 is 18.5 Å². The molecule has 0 spiro atoms. The van der Waals surface area contributed by atoms with Gasteiger partial charge in [-0.25, -0.2) is 9.97 Å². The van der Waals surface area contributed by atoms with Crippen LogP contribution in [0.1, 0.15) is 22.7 Å². The highest BCUT2D eigenvalue weighted by molar-refractivity contribution is 7.22. The smallest absolute Gasteiger partial charge is 0.135 e. The molecule has 0 N–H and O–H groups in total. The highest BCUT2D eigenvalue weighted by Gasteiger charge is 2.18.